The van der Waals surface area contributed by atoms with Crippen molar-refractivity contribution < 1.29 is 13.9 Å². The molecule has 1 aliphatic carbocycles. The molecule has 3 aliphatic rings. The highest BCUT2D eigenvalue weighted by molar-refractivity contribution is 5.87. The molecule has 1 fully saturated rings. The summed E-state index contributed by atoms with van der Waals surface area (Å²) in [7, 11) is 0. The van der Waals surface area contributed by atoms with E-state index in [2.05, 4.69) is 47.4 Å². The Morgan fingerprint density at radius 2 is 1.97 bits per heavy atom. The molecule has 2 aromatic carbocycles. The van der Waals surface area contributed by atoms with Crippen molar-refractivity contribution in [3.05, 3.63) is 76.4 Å². The Labute approximate surface area is 202 Å². The van der Waals surface area contributed by atoms with Crippen molar-refractivity contribution in [2.24, 2.45) is 0 Å². The van der Waals surface area contributed by atoms with Gasteiger partial charge in [0.15, 0.2) is 0 Å². The lowest BCUT2D eigenvalue weighted by molar-refractivity contribution is 0.155. The number of allylic oxidation sites excluding steroid dienone is 1. The summed E-state index contributed by atoms with van der Waals surface area (Å²) >= 11 is 0. The van der Waals surface area contributed by atoms with E-state index in [1.807, 2.05) is 6.07 Å². The van der Waals surface area contributed by atoms with Crippen LogP contribution in [0.3, 0.4) is 0 Å². The normalized spacial score (nSPS) is 21.2. The maximum Gasteiger partial charge on any atom is 0.119 e. The molecule has 0 radical (unpaired) electrons. The lowest BCUT2D eigenvalue weighted by Gasteiger charge is -2.21. The van der Waals surface area contributed by atoms with E-state index in [1.165, 1.54) is 33.4 Å². The van der Waals surface area contributed by atoms with Gasteiger partial charge in [0.05, 0.1) is 19.9 Å². The van der Waals surface area contributed by atoms with Crippen LogP contribution in [-0.4, -0.2) is 50.5 Å². The Morgan fingerprint density at radius 3 is 2.76 bits per heavy atom. The first kappa shape index (κ1) is 23.1. The fraction of sp³-hybridized carbons (Fsp3) is 0.448. The summed E-state index contributed by atoms with van der Waals surface area (Å²) in [6, 6.07) is 15.0. The summed E-state index contributed by atoms with van der Waals surface area (Å²) < 4.78 is 24.4. The molecule has 2 aliphatic heterocycles. The standard InChI is InChI=1S/C29H35FN2O2/c30-14-2-15-32-16-11-26(20-32)34-25-8-5-22(6-9-25)29-27(21-12-17-33-18-13-21)4-1-3-23-19-24(31)7-10-28(23)29/h5-10,12,19,26H,1-4,11,13-18,20,31H2/t26-/m0/s1. The lowest BCUT2D eigenvalue weighted by atomic mass is 9.86. The molecule has 34 heavy (non-hydrogen) atoms. The Kier molecular flexibility index (Phi) is 7.31. The zero-order valence-electron chi connectivity index (χ0n) is 19.9. The highest BCUT2D eigenvalue weighted by atomic mass is 19.1. The van der Waals surface area contributed by atoms with Gasteiger partial charge < -0.3 is 15.2 Å². The van der Waals surface area contributed by atoms with E-state index in [0.29, 0.717) is 13.0 Å². The largest absolute Gasteiger partial charge is 0.489 e. The molecular weight excluding hydrogens is 427 g/mol. The summed E-state index contributed by atoms with van der Waals surface area (Å²) in [6.07, 6.45) is 8.22. The van der Waals surface area contributed by atoms with Gasteiger partial charge >= 0.3 is 0 Å². The third kappa shape index (κ3) is 5.21. The first-order valence-corrected chi connectivity index (χ1v) is 12.7. The summed E-state index contributed by atoms with van der Waals surface area (Å²) in [5.74, 6) is 0.902. The number of benzene rings is 2. The monoisotopic (exact) mass is 462 g/mol. The second-order valence-electron chi connectivity index (χ2n) is 9.57. The predicted molar refractivity (Wildman–Crippen MR) is 136 cm³/mol. The van der Waals surface area contributed by atoms with Crippen LogP contribution >= 0.6 is 0 Å². The Hall–Kier alpha value is -2.63. The molecule has 2 N–H and O–H groups in total. The van der Waals surface area contributed by atoms with Crippen molar-refractivity contribution in [3.63, 3.8) is 0 Å². The molecular formula is C29H35FN2O2. The second-order valence-corrected chi connectivity index (χ2v) is 9.57. The molecule has 2 aromatic rings. The van der Waals surface area contributed by atoms with Crippen LogP contribution in [0.25, 0.3) is 5.57 Å². The molecule has 5 rings (SSSR count). The van der Waals surface area contributed by atoms with Crippen LogP contribution in [0.1, 0.15) is 48.8 Å². The number of fused-ring (bicyclic) bond motifs is 1. The molecule has 4 nitrogen and oxygen atoms in total. The fourth-order valence-corrected chi connectivity index (χ4v) is 5.53. The maximum atomic E-state index is 12.5. The number of hydrogen-bond acceptors (Lipinski definition) is 4. The van der Waals surface area contributed by atoms with Crippen molar-refractivity contribution >= 4 is 11.3 Å². The topological polar surface area (TPSA) is 47.7 Å². The van der Waals surface area contributed by atoms with Gasteiger partial charge in [0.2, 0.25) is 0 Å². The van der Waals surface area contributed by atoms with E-state index >= 15 is 0 Å². The van der Waals surface area contributed by atoms with Crippen LogP contribution in [0.15, 0.2) is 59.7 Å². The molecule has 0 bridgehead atoms. The average Bonchev–Trinajstić information content (AvgIpc) is 3.22. The first-order valence-electron chi connectivity index (χ1n) is 12.7. The van der Waals surface area contributed by atoms with E-state index in [9.17, 15) is 4.39 Å². The molecule has 0 amide bonds. The SMILES string of the molecule is Nc1ccc2c(c1)CCCC(C1=CCOCC1)=C2c1ccc(O[C@H]2CCN(CCCF)C2)cc1. The fourth-order valence-electron chi connectivity index (χ4n) is 5.53. The van der Waals surface area contributed by atoms with Crippen LogP contribution in [-0.2, 0) is 11.2 Å². The number of nitrogen functional groups attached to an aromatic ring is 1. The summed E-state index contributed by atoms with van der Waals surface area (Å²) in [4.78, 5) is 2.30. The Morgan fingerprint density at radius 1 is 1.09 bits per heavy atom. The van der Waals surface area contributed by atoms with Crippen molar-refractivity contribution in [1.29, 1.82) is 0 Å². The predicted octanol–water partition coefficient (Wildman–Crippen LogP) is 5.57. The molecule has 0 saturated carbocycles. The maximum absolute atomic E-state index is 12.5. The number of likely N-dealkylation sites (tertiary alicyclic amines) is 1. The molecule has 5 heteroatoms. The van der Waals surface area contributed by atoms with E-state index in [-0.39, 0.29) is 12.8 Å². The van der Waals surface area contributed by atoms with E-state index < -0.39 is 0 Å². The van der Waals surface area contributed by atoms with Crippen LogP contribution in [0.4, 0.5) is 10.1 Å². The minimum Gasteiger partial charge on any atom is -0.489 e. The van der Waals surface area contributed by atoms with Crippen molar-refractivity contribution in [2.45, 2.75) is 44.6 Å². The summed E-state index contributed by atoms with van der Waals surface area (Å²) in [6.45, 7) is 3.91. The highest BCUT2D eigenvalue weighted by Gasteiger charge is 2.25. The van der Waals surface area contributed by atoms with Gasteiger partial charge in [0, 0.05) is 25.3 Å². The molecule has 2 heterocycles. The number of nitrogens with zero attached hydrogens (tertiary/aromatic N) is 1. The second kappa shape index (κ2) is 10.7. The van der Waals surface area contributed by atoms with Gasteiger partial charge in [-0.25, -0.2) is 0 Å². The van der Waals surface area contributed by atoms with Crippen LogP contribution < -0.4 is 10.5 Å². The number of halogens is 1. The molecule has 1 atom stereocenters. The van der Waals surface area contributed by atoms with Gasteiger partial charge in [-0.05, 0) is 96.2 Å². The summed E-state index contributed by atoms with van der Waals surface area (Å²) in [5, 5.41) is 0. The smallest absolute Gasteiger partial charge is 0.119 e. The lowest BCUT2D eigenvalue weighted by Crippen LogP contribution is -2.26. The van der Waals surface area contributed by atoms with Crippen molar-refractivity contribution in [2.75, 3.05) is 45.3 Å². The number of nitrogens with two attached hydrogens (primary N) is 1. The number of rotatable bonds is 7. The average molecular weight is 463 g/mol. The number of anilines is 1. The third-order valence-electron chi connectivity index (χ3n) is 7.21. The Balaban J connectivity index is 1.43. The zero-order valence-corrected chi connectivity index (χ0v) is 19.9. The number of hydrogen-bond donors (Lipinski definition) is 1. The molecule has 0 spiro atoms. The third-order valence-corrected chi connectivity index (χ3v) is 7.21. The number of alkyl halides is 1. The van der Waals surface area contributed by atoms with Crippen LogP contribution in [0, 0.1) is 0 Å². The summed E-state index contributed by atoms with van der Waals surface area (Å²) in [5.41, 5.74) is 15.0. The minimum atomic E-state index is -0.249. The zero-order chi connectivity index (χ0) is 23.3. The van der Waals surface area contributed by atoms with Crippen molar-refractivity contribution in [1.82, 2.24) is 4.90 Å². The van der Waals surface area contributed by atoms with Gasteiger partial charge in [-0.3, -0.25) is 9.29 Å². The quantitative estimate of drug-likeness (QED) is 0.547. The van der Waals surface area contributed by atoms with Crippen LogP contribution in [0.5, 0.6) is 5.75 Å². The van der Waals surface area contributed by atoms with Crippen molar-refractivity contribution in [3.8, 4) is 5.75 Å². The molecule has 0 aromatic heterocycles. The molecule has 180 valence electrons. The number of aryl methyl sites for hydroxylation is 1. The Bertz CT molecular complexity index is 1060. The van der Waals surface area contributed by atoms with Gasteiger partial charge in [-0.15, -0.1) is 0 Å². The first-order chi connectivity index (χ1) is 16.7. The molecule has 0 unspecified atom stereocenters. The highest BCUT2D eigenvalue weighted by Crippen LogP contribution is 2.40. The van der Waals surface area contributed by atoms with E-state index in [4.69, 9.17) is 15.2 Å². The van der Waals surface area contributed by atoms with Gasteiger partial charge in [-0.2, -0.15) is 0 Å². The number of ether oxygens (including phenoxy) is 2. The minimum absolute atomic E-state index is 0.175. The molecule has 1 saturated heterocycles. The van der Waals surface area contributed by atoms with Gasteiger partial charge in [0.1, 0.15) is 11.9 Å². The van der Waals surface area contributed by atoms with Crippen LogP contribution in [0.2, 0.25) is 0 Å². The van der Waals surface area contributed by atoms with E-state index in [0.717, 1.165) is 69.8 Å². The van der Waals surface area contributed by atoms with E-state index in [1.54, 1.807) is 0 Å². The van der Waals surface area contributed by atoms with Gasteiger partial charge in [-0.1, -0.05) is 24.3 Å². The van der Waals surface area contributed by atoms with Gasteiger partial charge in [0.25, 0.3) is 0 Å².